The SMILES string of the molecule is Cc1cc(C(=O)CCl)cc(F)c1Cl. The second-order valence-corrected chi connectivity index (χ2v) is 3.29. The Bertz CT molecular complexity index is 326. The standard InChI is InChI=1S/C9H7Cl2FO/c1-5-2-6(8(13)4-10)3-7(12)9(5)11/h2-3H,4H2,1H3. The molecule has 0 unspecified atom stereocenters. The topological polar surface area (TPSA) is 17.1 Å². The highest BCUT2D eigenvalue weighted by Gasteiger charge is 2.10. The number of Topliss-reactive ketones (excluding diaryl/α,β-unsaturated/α-hetero) is 1. The number of carbonyl (C=O) groups excluding carboxylic acids is 1. The summed E-state index contributed by atoms with van der Waals surface area (Å²) in [5.41, 5.74) is 0.796. The lowest BCUT2D eigenvalue weighted by atomic mass is 10.1. The van der Waals surface area contributed by atoms with Gasteiger partial charge in [-0.3, -0.25) is 4.79 Å². The van der Waals surface area contributed by atoms with Crippen molar-refractivity contribution in [3.8, 4) is 0 Å². The van der Waals surface area contributed by atoms with Gasteiger partial charge >= 0.3 is 0 Å². The van der Waals surface area contributed by atoms with E-state index in [1.165, 1.54) is 6.07 Å². The van der Waals surface area contributed by atoms with Crippen LogP contribution in [0.5, 0.6) is 0 Å². The molecule has 1 rings (SSSR count). The average molecular weight is 221 g/mol. The molecular formula is C9H7Cl2FO. The van der Waals surface area contributed by atoms with E-state index >= 15 is 0 Å². The summed E-state index contributed by atoms with van der Waals surface area (Å²) in [5.74, 6) is -1.05. The van der Waals surface area contributed by atoms with E-state index in [4.69, 9.17) is 23.2 Å². The molecule has 0 aromatic heterocycles. The highest BCUT2D eigenvalue weighted by atomic mass is 35.5. The summed E-state index contributed by atoms with van der Waals surface area (Å²) in [6.07, 6.45) is 0. The van der Waals surface area contributed by atoms with E-state index in [1.807, 2.05) is 0 Å². The molecule has 70 valence electrons. The second kappa shape index (κ2) is 4.07. The molecule has 0 saturated heterocycles. The Morgan fingerprint density at radius 2 is 2.15 bits per heavy atom. The van der Waals surface area contributed by atoms with Crippen molar-refractivity contribution < 1.29 is 9.18 Å². The molecule has 0 heterocycles. The smallest absolute Gasteiger partial charge is 0.177 e. The first-order valence-corrected chi connectivity index (χ1v) is 4.52. The fourth-order valence-corrected chi connectivity index (χ4v) is 1.23. The van der Waals surface area contributed by atoms with Gasteiger partial charge in [0.2, 0.25) is 0 Å². The minimum atomic E-state index is -0.588. The molecule has 1 aromatic carbocycles. The Hall–Kier alpha value is -0.600. The zero-order valence-electron chi connectivity index (χ0n) is 6.90. The molecule has 0 fully saturated rings. The molecule has 0 aliphatic heterocycles. The van der Waals surface area contributed by atoms with Crippen molar-refractivity contribution in [1.82, 2.24) is 0 Å². The van der Waals surface area contributed by atoms with Crippen LogP contribution < -0.4 is 0 Å². The number of hydrogen-bond acceptors (Lipinski definition) is 1. The molecule has 1 aromatic rings. The number of ketones is 1. The van der Waals surface area contributed by atoms with Crippen LogP contribution in [0, 0.1) is 12.7 Å². The second-order valence-electron chi connectivity index (χ2n) is 2.65. The largest absolute Gasteiger partial charge is 0.293 e. The van der Waals surface area contributed by atoms with Gasteiger partial charge in [0.15, 0.2) is 5.78 Å². The third-order valence-electron chi connectivity index (χ3n) is 1.65. The Balaban J connectivity index is 3.20. The summed E-state index contributed by atoms with van der Waals surface area (Å²) in [4.78, 5) is 11.1. The van der Waals surface area contributed by atoms with Gasteiger partial charge in [-0.05, 0) is 24.6 Å². The van der Waals surface area contributed by atoms with Crippen molar-refractivity contribution in [3.63, 3.8) is 0 Å². The van der Waals surface area contributed by atoms with Crippen molar-refractivity contribution in [2.75, 3.05) is 5.88 Å². The molecule has 13 heavy (non-hydrogen) atoms. The summed E-state index contributed by atoms with van der Waals surface area (Å²) in [6, 6.07) is 2.62. The van der Waals surface area contributed by atoms with Crippen LogP contribution in [0.25, 0.3) is 0 Å². The predicted molar refractivity (Wildman–Crippen MR) is 51.2 cm³/mol. The lowest BCUT2D eigenvalue weighted by Crippen LogP contribution is -2.01. The van der Waals surface area contributed by atoms with E-state index in [0.717, 1.165) is 6.07 Å². The lowest BCUT2D eigenvalue weighted by molar-refractivity contribution is 0.102. The lowest BCUT2D eigenvalue weighted by Gasteiger charge is -2.02. The van der Waals surface area contributed by atoms with Gasteiger partial charge in [-0.25, -0.2) is 4.39 Å². The van der Waals surface area contributed by atoms with Crippen LogP contribution in [0.2, 0.25) is 5.02 Å². The minimum Gasteiger partial charge on any atom is -0.293 e. The first-order chi connectivity index (χ1) is 6.06. The third-order valence-corrected chi connectivity index (χ3v) is 2.37. The Morgan fingerprint density at radius 3 is 2.62 bits per heavy atom. The Morgan fingerprint density at radius 1 is 1.54 bits per heavy atom. The molecule has 4 heteroatoms. The van der Waals surface area contributed by atoms with E-state index in [1.54, 1.807) is 6.92 Å². The van der Waals surface area contributed by atoms with Crippen LogP contribution in [-0.2, 0) is 0 Å². The molecule has 0 amide bonds. The summed E-state index contributed by atoms with van der Waals surface area (Å²) in [6.45, 7) is 1.64. The normalized spacial score (nSPS) is 10.2. The van der Waals surface area contributed by atoms with Crippen molar-refractivity contribution in [2.24, 2.45) is 0 Å². The van der Waals surface area contributed by atoms with Crippen LogP contribution in [0.4, 0.5) is 4.39 Å². The van der Waals surface area contributed by atoms with Crippen LogP contribution in [0.15, 0.2) is 12.1 Å². The molecule has 0 atom stereocenters. The number of alkyl halides is 1. The number of carbonyl (C=O) groups is 1. The Kier molecular flexibility index (Phi) is 3.28. The van der Waals surface area contributed by atoms with Gasteiger partial charge in [-0.15, -0.1) is 11.6 Å². The van der Waals surface area contributed by atoms with E-state index in [0.29, 0.717) is 5.56 Å². The van der Waals surface area contributed by atoms with E-state index < -0.39 is 5.82 Å². The third kappa shape index (κ3) is 2.20. The first kappa shape index (κ1) is 10.5. The summed E-state index contributed by atoms with van der Waals surface area (Å²) in [5, 5.41) is 0.0473. The summed E-state index contributed by atoms with van der Waals surface area (Å²) >= 11 is 10.9. The molecule has 0 N–H and O–H groups in total. The van der Waals surface area contributed by atoms with Crippen LogP contribution in [-0.4, -0.2) is 11.7 Å². The molecule has 0 saturated carbocycles. The van der Waals surface area contributed by atoms with Gasteiger partial charge in [0.1, 0.15) is 5.82 Å². The van der Waals surface area contributed by atoms with E-state index in [2.05, 4.69) is 0 Å². The van der Waals surface area contributed by atoms with E-state index in [9.17, 15) is 9.18 Å². The zero-order chi connectivity index (χ0) is 10.0. The first-order valence-electron chi connectivity index (χ1n) is 3.61. The van der Waals surface area contributed by atoms with Crippen molar-refractivity contribution >= 4 is 29.0 Å². The molecule has 0 aliphatic carbocycles. The quantitative estimate of drug-likeness (QED) is 0.553. The molecular weight excluding hydrogens is 214 g/mol. The number of benzene rings is 1. The number of hydrogen-bond donors (Lipinski definition) is 0. The maximum Gasteiger partial charge on any atom is 0.177 e. The van der Waals surface area contributed by atoms with Gasteiger partial charge in [-0.2, -0.15) is 0 Å². The van der Waals surface area contributed by atoms with Crippen molar-refractivity contribution in [2.45, 2.75) is 6.92 Å². The highest BCUT2D eigenvalue weighted by molar-refractivity contribution is 6.32. The van der Waals surface area contributed by atoms with Gasteiger partial charge in [0.25, 0.3) is 0 Å². The number of halogens is 3. The van der Waals surface area contributed by atoms with Crippen LogP contribution in [0.1, 0.15) is 15.9 Å². The van der Waals surface area contributed by atoms with Gasteiger partial charge in [0, 0.05) is 5.56 Å². The van der Waals surface area contributed by atoms with Gasteiger partial charge in [0.05, 0.1) is 10.9 Å². The summed E-state index contributed by atoms with van der Waals surface area (Å²) in [7, 11) is 0. The fourth-order valence-electron chi connectivity index (χ4n) is 0.965. The maximum absolute atomic E-state index is 13.0. The van der Waals surface area contributed by atoms with Crippen molar-refractivity contribution in [1.29, 1.82) is 0 Å². The minimum absolute atomic E-state index is 0.0473. The Labute approximate surface area is 85.5 Å². The molecule has 1 nitrogen and oxygen atoms in total. The molecule has 0 radical (unpaired) electrons. The van der Waals surface area contributed by atoms with Gasteiger partial charge < -0.3 is 0 Å². The van der Waals surface area contributed by atoms with Crippen LogP contribution in [0.3, 0.4) is 0 Å². The maximum atomic E-state index is 13.0. The van der Waals surface area contributed by atoms with E-state index in [-0.39, 0.29) is 22.2 Å². The van der Waals surface area contributed by atoms with Crippen molar-refractivity contribution in [3.05, 3.63) is 34.1 Å². The van der Waals surface area contributed by atoms with Gasteiger partial charge in [-0.1, -0.05) is 11.6 Å². The van der Waals surface area contributed by atoms with Crippen LogP contribution >= 0.6 is 23.2 Å². The monoisotopic (exact) mass is 220 g/mol. The molecule has 0 bridgehead atoms. The average Bonchev–Trinajstić information content (AvgIpc) is 2.12. The number of aryl methyl sites for hydroxylation is 1. The number of rotatable bonds is 2. The molecule has 0 spiro atoms. The fraction of sp³-hybridized carbons (Fsp3) is 0.222. The molecule has 0 aliphatic rings. The summed E-state index contributed by atoms with van der Waals surface area (Å²) < 4.78 is 13.0. The zero-order valence-corrected chi connectivity index (χ0v) is 8.42. The predicted octanol–water partition coefficient (Wildman–Crippen LogP) is 3.21. The highest BCUT2D eigenvalue weighted by Crippen LogP contribution is 2.21.